The molecule has 4 nitrogen and oxygen atoms in total. The number of hydrogen-bond acceptors (Lipinski definition) is 3. The second-order valence-corrected chi connectivity index (χ2v) is 5.89. The molecule has 0 fully saturated rings. The number of carbonyl (C=O) groups is 1. The van der Waals surface area contributed by atoms with Gasteiger partial charge in [0.05, 0.1) is 10.8 Å². The molecule has 1 N–H and O–H groups in total. The molecular weight excluding hydrogens is 240 g/mol. The van der Waals surface area contributed by atoms with Crippen LogP contribution >= 0.6 is 0 Å². The van der Waals surface area contributed by atoms with Crippen LogP contribution in [0.4, 0.5) is 0 Å². The molecule has 17 heavy (non-hydrogen) atoms. The van der Waals surface area contributed by atoms with Gasteiger partial charge < -0.3 is 5.11 Å². The van der Waals surface area contributed by atoms with E-state index in [-0.39, 0.29) is 4.90 Å². The van der Waals surface area contributed by atoms with Crippen LogP contribution in [-0.4, -0.2) is 19.5 Å². The maximum Gasteiger partial charge on any atom is 0.310 e. The van der Waals surface area contributed by atoms with Crippen molar-refractivity contribution in [2.24, 2.45) is 5.92 Å². The van der Waals surface area contributed by atoms with E-state index >= 15 is 0 Å². The van der Waals surface area contributed by atoms with E-state index in [1.165, 1.54) is 13.0 Å². The van der Waals surface area contributed by atoms with Gasteiger partial charge in [0, 0.05) is 11.0 Å². The normalized spacial score (nSPS) is 18.4. The molecule has 0 bridgehead atoms. The number of aliphatic carboxylic acids is 1. The Hall–Kier alpha value is -1.62. The van der Waals surface area contributed by atoms with E-state index in [2.05, 4.69) is 0 Å². The zero-order chi connectivity index (χ0) is 12.8. The molecule has 0 radical (unpaired) electrons. The van der Waals surface area contributed by atoms with Gasteiger partial charge in [0.2, 0.25) is 9.84 Å². The van der Waals surface area contributed by atoms with Gasteiger partial charge in [-0.05, 0) is 31.1 Å². The average Bonchev–Trinajstić information content (AvgIpc) is 2.51. The van der Waals surface area contributed by atoms with Crippen molar-refractivity contribution >= 4 is 21.4 Å². The fourth-order valence-corrected chi connectivity index (χ4v) is 3.60. The van der Waals surface area contributed by atoms with Gasteiger partial charge in [0.25, 0.3) is 0 Å². The highest BCUT2D eigenvalue weighted by atomic mass is 32.2. The number of hydrogen-bond donors (Lipinski definition) is 1. The first-order chi connectivity index (χ1) is 7.84. The van der Waals surface area contributed by atoms with E-state index in [4.69, 9.17) is 5.11 Å². The third-order valence-electron chi connectivity index (χ3n) is 2.95. The number of benzene rings is 1. The van der Waals surface area contributed by atoms with Crippen molar-refractivity contribution in [2.45, 2.75) is 18.7 Å². The first-order valence-corrected chi connectivity index (χ1v) is 6.68. The minimum atomic E-state index is -3.48. The molecule has 0 saturated heterocycles. The average molecular weight is 252 g/mol. The maximum atomic E-state index is 11.9. The summed E-state index contributed by atoms with van der Waals surface area (Å²) in [4.78, 5) is 11.2. The Morgan fingerprint density at radius 3 is 2.59 bits per heavy atom. The SMILES string of the molecule is Cc1cccc2c1C(C(C)C(=O)O)=CS2(=O)=O. The zero-order valence-electron chi connectivity index (χ0n) is 9.47. The molecule has 1 atom stereocenters. The lowest BCUT2D eigenvalue weighted by Gasteiger charge is -2.11. The number of rotatable bonds is 2. The van der Waals surface area contributed by atoms with Crippen LogP contribution in [0.1, 0.15) is 18.1 Å². The van der Waals surface area contributed by atoms with Gasteiger partial charge in [0.1, 0.15) is 0 Å². The third kappa shape index (κ3) is 1.76. The molecule has 0 aliphatic carbocycles. The van der Waals surface area contributed by atoms with Gasteiger partial charge in [-0.25, -0.2) is 8.42 Å². The third-order valence-corrected chi connectivity index (χ3v) is 4.47. The van der Waals surface area contributed by atoms with Crippen molar-refractivity contribution in [3.8, 4) is 0 Å². The van der Waals surface area contributed by atoms with Gasteiger partial charge in [0.15, 0.2) is 0 Å². The van der Waals surface area contributed by atoms with Crippen LogP contribution in [0.5, 0.6) is 0 Å². The molecule has 90 valence electrons. The molecule has 1 unspecified atom stereocenters. The van der Waals surface area contributed by atoms with E-state index in [1.807, 2.05) is 0 Å². The topological polar surface area (TPSA) is 71.4 Å². The fraction of sp³-hybridized carbons (Fsp3) is 0.250. The second-order valence-electron chi connectivity index (χ2n) is 4.13. The first-order valence-electron chi connectivity index (χ1n) is 5.14. The lowest BCUT2D eigenvalue weighted by atomic mass is 9.92. The minimum absolute atomic E-state index is 0.209. The summed E-state index contributed by atoms with van der Waals surface area (Å²) in [6, 6.07) is 4.95. The molecule has 5 heteroatoms. The standard InChI is InChI=1S/C12H12O4S/c1-7-4-3-5-10-11(7)9(6-17(10,15)16)8(2)12(13)14/h3-6,8H,1-2H3,(H,13,14). The van der Waals surface area contributed by atoms with Crippen molar-refractivity contribution in [1.29, 1.82) is 0 Å². The predicted octanol–water partition coefficient (Wildman–Crippen LogP) is 1.84. The van der Waals surface area contributed by atoms with E-state index < -0.39 is 21.7 Å². The summed E-state index contributed by atoms with van der Waals surface area (Å²) in [5.41, 5.74) is 1.69. The fourth-order valence-electron chi connectivity index (χ4n) is 1.99. The Morgan fingerprint density at radius 1 is 1.35 bits per heavy atom. The monoisotopic (exact) mass is 252 g/mol. The number of aryl methyl sites for hydroxylation is 1. The second kappa shape index (κ2) is 3.70. The zero-order valence-corrected chi connectivity index (χ0v) is 10.3. The summed E-state index contributed by atoms with van der Waals surface area (Å²) >= 11 is 0. The smallest absolute Gasteiger partial charge is 0.310 e. The molecule has 0 spiro atoms. The summed E-state index contributed by atoms with van der Waals surface area (Å²) in [5, 5.41) is 10.1. The maximum absolute atomic E-state index is 11.9. The van der Waals surface area contributed by atoms with Crippen LogP contribution < -0.4 is 0 Å². The van der Waals surface area contributed by atoms with Crippen LogP contribution in [0.3, 0.4) is 0 Å². The van der Waals surface area contributed by atoms with Crippen molar-refractivity contribution in [1.82, 2.24) is 0 Å². The molecule has 1 aromatic rings. The van der Waals surface area contributed by atoms with Gasteiger partial charge in [-0.1, -0.05) is 12.1 Å². The molecular formula is C12H12O4S. The number of sulfone groups is 1. The predicted molar refractivity (Wildman–Crippen MR) is 63.1 cm³/mol. The Bertz CT molecular complexity index is 626. The van der Waals surface area contributed by atoms with Crippen molar-refractivity contribution in [2.75, 3.05) is 0 Å². The molecule has 1 aliphatic rings. The van der Waals surface area contributed by atoms with Crippen LogP contribution in [-0.2, 0) is 14.6 Å². The minimum Gasteiger partial charge on any atom is -0.481 e. The first kappa shape index (κ1) is 11.9. The van der Waals surface area contributed by atoms with Crippen LogP contribution in [0.25, 0.3) is 5.57 Å². The summed E-state index contributed by atoms with van der Waals surface area (Å²) in [5.74, 6) is -1.85. The Balaban J connectivity index is 2.72. The molecule has 1 aliphatic heterocycles. The van der Waals surface area contributed by atoms with Crippen LogP contribution in [0, 0.1) is 12.8 Å². The molecule has 2 rings (SSSR count). The summed E-state index contributed by atoms with van der Waals surface area (Å²) < 4.78 is 23.7. The molecule has 1 aromatic carbocycles. The number of carboxylic acid groups (broad SMARTS) is 1. The number of fused-ring (bicyclic) bond motifs is 1. The van der Waals surface area contributed by atoms with E-state index in [9.17, 15) is 13.2 Å². The quantitative estimate of drug-likeness (QED) is 0.871. The Labute approximate surface area is 99.5 Å². The van der Waals surface area contributed by atoms with E-state index in [1.54, 1.807) is 19.1 Å². The molecule has 1 heterocycles. The lowest BCUT2D eigenvalue weighted by molar-refractivity contribution is -0.139. The van der Waals surface area contributed by atoms with Gasteiger partial charge in [-0.2, -0.15) is 0 Å². The Kier molecular flexibility index (Phi) is 2.58. The van der Waals surface area contributed by atoms with Crippen molar-refractivity contribution in [3.05, 3.63) is 34.7 Å². The van der Waals surface area contributed by atoms with Crippen LogP contribution in [0.2, 0.25) is 0 Å². The molecule has 0 aromatic heterocycles. The van der Waals surface area contributed by atoms with Gasteiger partial charge >= 0.3 is 5.97 Å². The Morgan fingerprint density at radius 2 is 2.00 bits per heavy atom. The van der Waals surface area contributed by atoms with Crippen molar-refractivity contribution < 1.29 is 18.3 Å². The summed E-state index contributed by atoms with van der Waals surface area (Å²) in [6.45, 7) is 3.27. The highest BCUT2D eigenvalue weighted by Crippen LogP contribution is 2.39. The largest absolute Gasteiger partial charge is 0.481 e. The summed E-state index contributed by atoms with van der Waals surface area (Å²) in [7, 11) is -3.48. The highest BCUT2D eigenvalue weighted by molar-refractivity contribution is 7.95. The van der Waals surface area contributed by atoms with Crippen molar-refractivity contribution in [3.63, 3.8) is 0 Å². The van der Waals surface area contributed by atoms with Gasteiger partial charge in [-0.15, -0.1) is 0 Å². The summed E-state index contributed by atoms with van der Waals surface area (Å²) in [6.07, 6.45) is 0. The molecule has 0 amide bonds. The highest BCUT2D eigenvalue weighted by Gasteiger charge is 2.32. The molecule has 0 saturated carbocycles. The van der Waals surface area contributed by atoms with E-state index in [0.717, 1.165) is 11.0 Å². The van der Waals surface area contributed by atoms with Gasteiger partial charge in [-0.3, -0.25) is 4.79 Å². The number of carboxylic acids is 1. The van der Waals surface area contributed by atoms with Crippen LogP contribution in [0.15, 0.2) is 28.5 Å². The lowest BCUT2D eigenvalue weighted by Crippen LogP contribution is -2.11. The van der Waals surface area contributed by atoms with E-state index in [0.29, 0.717) is 11.1 Å².